The fourth-order valence-corrected chi connectivity index (χ4v) is 1.69. The van der Waals surface area contributed by atoms with Gasteiger partial charge in [0.2, 0.25) is 0 Å². The number of benzene rings is 1. The molecule has 1 aromatic rings. The molecule has 0 aliphatic rings. The SMILES string of the molecule is N#CCCN(c1ccccc1)C(CN)C(F)(F)F. The lowest BCUT2D eigenvalue weighted by molar-refractivity contribution is -0.146. The average molecular weight is 257 g/mol. The van der Waals surface area contributed by atoms with E-state index in [4.69, 9.17) is 11.0 Å². The molecule has 2 N–H and O–H groups in total. The largest absolute Gasteiger partial charge is 0.409 e. The van der Waals surface area contributed by atoms with E-state index < -0.39 is 18.8 Å². The molecule has 0 fully saturated rings. The van der Waals surface area contributed by atoms with Gasteiger partial charge in [-0.15, -0.1) is 0 Å². The van der Waals surface area contributed by atoms with E-state index in [0.717, 1.165) is 4.90 Å². The van der Waals surface area contributed by atoms with E-state index in [1.807, 2.05) is 6.07 Å². The van der Waals surface area contributed by atoms with Gasteiger partial charge in [-0.25, -0.2) is 0 Å². The number of hydrogen-bond donors (Lipinski definition) is 1. The molecule has 1 atom stereocenters. The molecule has 0 saturated carbocycles. The second-order valence-corrected chi connectivity index (χ2v) is 3.73. The van der Waals surface area contributed by atoms with Crippen LogP contribution in [-0.4, -0.2) is 25.3 Å². The van der Waals surface area contributed by atoms with E-state index in [1.54, 1.807) is 30.3 Å². The maximum Gasteiger partial charge on any atom is 0.409 e. The zero-order valence-corrected chi connectivity index (χ0v) is 9.69. The molecule has 0 aromatic heterocycles. The van der Waals surface area contributed by atoms with Gasteiger partial charge in [0.05, 0.1) is 12.5 Å². The minimum Gasteiger partial charge on any atom is -0.358 e. The minimum atomic E-state index is -4.42. The molecule has 18 heavy (non-hydrogen) atoms. The van der Waals surface area contributed by atoms with Gasteiger partial charge in [-0.2, -0.15) is 18.4 Å². The van der Waals surface area contributed by atoms with Gasteiger partial charge in [-0.1, -0.05) is 18.2 Å². The second kappa shape index (κ2) is 6.26. The van der Waals surface area contributed by atoms with Crippen molar-refractivity contribution in [2.24, 2.45) is 5.73 Å². The van der Waals surface area contributed by atoms with Crippen LogP contribution in [-0.2, 0) is 0 Å². The lowest BCUT2D eigenvalue weighted by atomic mass is 10.2. The summed E-state index contributed by atoms with van der Waals surface area (Å²) in [6.45, 7) is -0.536. The standard InChI is InChI=1S/C12H14F3N3/c13-12(14,15)11(9-17)18(8-4-7-16)10-5-2-1-3-6-10/h1-3,5-6,11H,4,8-9,17H2. The minimum absolute atomic E-state index is 0.00187. The molecular formula is C12H14F3N3. The highest BCUT2D eigenvalue weighted by Gasteiger charge is 2.42. The molecule has 0 amide bonds. The quantitative estimate of drug-likeness (QED) is 0.880. The van der Waals surface area contributed by atoms with Gasteiger partial charge < -0.3 is 10.6 Å². The number of para-hydroxylation sites is 1. The van der Waals surface area contributed by atoms with Crippen LogP contribution in [0.4, 0.5) is 18.9 Å². The Balaban J connectivity index is 3.01. The summed E-state index contributed by atoms with van der Waals surface area (Å²) in [5.41, 5.74) is 5.64. The maximum atomic E-state index is 12.9. The lowest BCUT2D eigenvalue weighted by Crippen LogP contribution is -2.51. The van der Waals surface area contributed by atoms with Crippen molar-refractivity contribution in [2.75, 3.05) is 18.0 Å². The van der Waals surface area contributed by atoms with Crippen molar-refractivity contribution < 1.29 is 13.2 Å². The van der Waals surface area contributed by atoms with Crippen molar-refractivity contribution in [3.8, 4) is 6.07 Å². The molecule has 0 bridgehead atoms. The summed E-state index contributed by atoms with van der Waals surface area (Å²) in [5, 5.41) is 8.53. The maximum absolute atomic E-state index is 12.9. The summed E-state index contributed by atoms with van der Waals surface area (Å²) in [5.74, 6) is 0. The fourth-order valence-electron chi connectivity index (χ4n) is 1.69. The number of alkyl halides is 3. The number of nitrogens with zero attached hydrogens (tertiary/aromatic N) is 2. The first-order chi connectivity index (χ1) is 8.50. The predicted octanol–water partition coefficient (Wildman–Crippen LogP) is 2.30. The van der Waals surface area contributed by atoms with E-state index in [1.165, 1.54) is 0 Å². The smallest absolute Gasteiger partial charge is 0.358 e. The van der Waals surface area contributed by atoms with Crippen LogP contribution in [0.3, 0.4) is 0 Å². The number of nitriles is 1. The fraction of sp³-hybridized carbons (Fsp3) is 0.417. The zero-order valence-electron chi connectivity index (χ0n) is 9.69. The van der Waals surface area contributed by atoms with Crippen LogP contribution in [0.25, 0.3) is 0 Å². The summed E-state index contributed by atoms with van der Waals surface area (Å²) in [4.78, 5) is 1.13. The third-order valence-corrected chi connectivity index (χ3v) is 2.53. The van der Waals surface area contributed by atoms with Crippen LogP contribution >= 0.6 is 0 Å². The van der Waals surface area contributed by atoms with E-state index in [0.29, 0.717) is 5.69 Å². The zero-order chi connectivity index (χ0) is 13.6. The number of hydrogen-bond acceptors (Lipinski definition) is 3. The van der Waals surface area contributed by atoms with E-state index in [2.05, 4.69) is 0 Å². The summed E-state index contributed by atoms with van der Waals surface area (Å²) in [6, 6.07) is 8.25. The van der Waals surface area contributed by atoms with Crippen LogP contribution in [0.5, 0.6) is 0 Å². The van der Waals surface area contributed by atoms with E-state index >= 15 is 0 Å². The molecule has 0 heterocycles. The van der Waals surface area contributed by atoms with Gasteiger partial charge in [0.1, 0.15) is 6.04 Å². The summed E-state index contributed by atoms with van der Waals surface area (Å²) in [6.07, 6.45) is -4.40. The highest BCUT2D eigenvalue weighted by molar-refractivity contribution is 5.47. The van der Waals surface area contributed by atoms with Crippen LogP contribution in [0, 0.1) is 11.3 Å². The summed E-state index contributed by atoms with van der Waals surface area (Å²) < 4.78 is 38.6. The lowest BCUT2D eigenvalue weighted by Gasteiger charge is -2.33. The van der Waals surface area contributed by atoms with E-state index in [9.17, 15) is 13.2 Å². The Morgan fingerprint density at radius 3 is 2.33 bits per heavy atom. The molecule has 0 radical (unpaired) electrons. The van der Waals surface area contributed by atoms with Gasteiger partial charge in [0.15, 0.2) is 0 Å². The van der Waals surface area contributed by atoms with Crippen molar-refractivity contribution in [2.45, 2.75) is 18.6 Å². The number of halogens is 3. The summed E-state index contributed by atoms with van der Waals surface area (Å²) >= 11 is 0. The first kappa shape index (κ1) is 14.3. The van der Waals surface area contributed by atoms with Crippen molar-refractivity contribution in [1.82, 2.24) is 0 Å². The highest BCUT2D eigenvalue weighted by Crippen LogP contribution is 2.28. The molecule has 0 spiro atoms. The van der Waals surface area contributed by atoms with Crippen LogP contribution in [0.1, 0.15) is 6.42 Å². The monoisotopic (exact) mass is 257 g/mol. The van der Waals surface area contributed by atoms with Crippen LogP contribution in [0.2, 0.25) is 0 Å². The van der Waals surface area contributed by atoms with Crippen molar-refractivity contribution in [1.29, 1.82) is 5.26 Å². The molecule has 1 rings (SSSR count). The molecule has 98 valence electrons. The molecule has 0 aliphatic heterocycles. The Kier molecular flexibility index (Phi) is 4.98. The van der Waals surface area contributed by atoms with Crippen LogP contribution in [0.15, 0.2) is 30.3 Å². The Bertz CT molecular complexity index is 397. The third-order valence-electron chi connectivity index (χ3n) is 2.53. The average Bonchev–Trinajstić information content (AvgIpc) is 2.34. The molecular weight excluding hydrogens is 243 g/mol. The number of nitrogens with two attached hydrogens (primary N) is 1. The molecule has 0 aliphatic carbocycles. The molecule has 3 nitrogen and oxygen atoms in total. The highest BCUT2D eigenvalue weighted by atomic mass is 19.4. The Morgan fingerprint density at radius 1 is 1.28 bits per heavy atom. The van der Waals surface area contributed by atoms with Gasteiger partial charge in [-0.3, -0.25) is 0 Å². The molecule has 1 unspecified atom stereocenters. The first-order valence-electron chi connectivity index (χ1n) is 5.46. The van der Waals surface area contributed by atoms with Gasteiger partial charge in [0, 0.05) is 18.8 Å². The van der Waals surface area contributed by atoms with Gasteiger partial charge in [0.25, 0.3) is 0 Å². The molecule has 6 heteroatoms. The Labute approximate surface area is 104 Å². The molecule has 1 aromatic carbocycles. The topological polar surface area (TPSA) is 53.0 Å². The normalized spacial score (nSPS) is 12.8. The van der Waals surface area contributed by atoms with Gasteiger partial charge in [-0.05, 0) is 12.1 Å². The van der Waals surface area contributed by atoms with Crippen LogP contribution < -0.4 is 10.6 Å². The Hall–Kier alpha value is -1.74. The second-order valence-electron chi connectivity index (χ2n) is 3.73. The Morgan fingerprint density at radius 2 is 1.89 bits per heavy atom. The number of anilines is 1. The predicted molar refractivity (Wildman–Crippen MR) is 62.9 cm³/mol. The first-order valence-corrected chi connectivity index (χ1v) is 5.46. The van der Waals surface area contributed by atoms with Crippen molar-refractivity contribution >= 4 is 5.69 Å². The van der Waals surface area contributed by atoms with Crippen molar-refractivity contribution in [3.05, 3.63) is 30.3 Å². The summed E-state index contributed by atoms with van der Waals surface area (Å²) in [7, 11) is 0. The van der Waals surface area contributed by atoms with Gasteiger partial charge >= 0.3 is 6.18 Å². The molecule has 0 saturated heterocycles. The van der Waals surface area contributed by atoms with Crippen molar-refractivity contribution in [3.63, 3.8) is 0 Å². The third kappa shape index (κ3) is 3.64. The number of rotatable bonds is 5. The van der Waals surface area contributed by atoms with E-state index in [-0.39, 0.29) is 13.0 Å².